The minimum Gasteiger partial charge on any atom is -0.392 e. The third-order valence-corrected chi connectivity index (χ3v) is 3.56. The van der Waals surface area contributed by atoms with Gasteiger partial charge in [0.15, 0.2) is 0 Å². The molecule has 3 nitrogen and oxygen atoms in total. The molecule has 1 N–H and O–H groups in total. The van der Waals surface area contributed by atoms with E-state index >= 15 is 0 Å². The maximum Gasteiger partial charge on any atom is 0.101 e. The molecule has 2 rings (SSSR count). The first-order chi connectivity index (χ1) is 7.99. The summed E-state index contributed by atoms with van der Waals surface area (Å²) in [5.41, 5.74) is 3.47. The van der Waals surface area contributed by atoms with Crippen LogP contribution in [-0.4, -0.2) is 36.0 Å². The van der Waals surface area contributed by atoms with Gasteiger partial charge in [-0.05, 0) is 36.6 Å². The van der Waals surface area contributed by atoms with Crippen LogP contribution in [0, 0.1) is 44.1 Å². The van der Waals surface area contributed by atoms with Gasteiger partial charge in [0.1, 0.15) is 5.84 Å². The fourth-order valence-electron chi connectivity index (χ4n) is 2.16. The van der Waals surface area contributed by atoms with Crippen LogP contribution in [0.3, 0.4) is 0 Å². The van der Waals surface area contributed by atoms with Crippen LogP contribution in [0.5, 0.6) is 0 Å². The van der Waals surface area contributed by atoms with Crippen molar-refractivity contribution in [3.63, 3.8) is 0 Å². The number of hydrogen-bond acceptors (Lipinski definition) is 2. The van der Waals surface area contributed by atoms with E-state index in [1.54, 1.807) is 0 Å². The topological polar surface area (TPSA) is 35.8 Å². The van der Waals surface area contributed by atoms with Gasteiger partial charge in [-0.25, -0.2) is 4.99 Å². The smallest absolute Gasteiger partial charge is 0.101 e. The molecule has 1 unspecified atom stereocenters. The Morgan fingerprint density at radius 2 is 2.06 bits per heavy atom. The van der Waals surface area contributed by atoms with Gasteiger partial charge in [-0.1, -0.05) is 13.0 Å². The summed E-state index contributed by atoms with van der Waals surface area (Å²) in [6.07, 6.45) is 0.534. The zero-order chi connectivity index (χ0) is 12.6. The van der Waals surface area contributed by atoms with Crippen molar-refractivity contribution in [2.24, 2.45) is 4.99 Å². The molecule has 0 spiro atoms. The van der Waals surface area contributed by atoms with Gasteiger partial charge in [0.25, 0.3) is 0 Å². The Hall–Kier alpha value is 0.0916. The third kappa shape index (κ3) is 3.35. The summed E-state index contributed by atoms with van der Waals surface area (Å²) in [4.78, 5) is 6.55. The molecule has 95 valence electrons. The Labute approximate surface area is 145 Å². The van der Waals surface area contributed by atoms with Gasteiger partial charge in [-0.2, -0.15) is 0 Å². The van der Waals surface area contributed by atoms with Gasteiger partial charge in [0.2, 0.25) is 0 Å². The Morgan fingerprint density at radius 3 is 2.67 bits per heavy atom. The van der Waals surface area contributed by atoms with Gasteiger partial charge >= 0.3 is 0 Å². The number of benzene rings is 1. The number of aliphatic hydroxyl groups excluding tert-OH is 1. The minimum absolute atomic E-state index is 0. The molecule has 0 bridgehead atoms. The van der Waals surface area contributed by atoms with Crippen molar-refractivity contribution in [3.05, 3.63) is 29.3 Å². The Balaban J connectivity index is 0.00000162. The molecule has 2 atom stereocenters. The van der Waals surface area contributed by atoms with Crippen molar-refractivity contribution in [3.8, 4) is 0 Å². The maximum atomic E-state index is 9.84. The number of aliphatic hydroxyl groups is 1. The first kappa shape index (κ1) is 16.1. The Morgan fingerprint density at radius 1 is 1.39 bits per heavy atom. The van der Waals surface area contributed by atoms with Crippen molar-refractivity contribution < 1.29 is 49.2 Å². The molecule has 0 heterocycles. The Bertz CT molecular complexity index is 457. The molecule has 1 aliphatic carbocycles. The molecular formula is C14H20AcN2O. The molecular weight excluding hydrogens is 439 g/mol. The summed E-state index contributed by atoms with van der Waals surface area (Å²) in [6, 6.07) is 6.21. The predicted octanol–water partition coefficient (Wildman–Crippen LogP) is 2.32. The second-order valence-electron chi connectivity index (χ2n) is 5.00. The summed E-state index contributed by atoms with van der Waals surface area (Å²) in [7, 11) is 3.97. The molecule has 0 aromatic heterocycles. The zero-order valence-electron chi connectivity index (χ0n) is 11.5. The number of rotatable bonds is 1. The maximum absolute atomic E-state index is 9.84. The first-order valence-electron chi connectivity index (χ1n) is 6.02. The molecule has 0 saturated carbocycles. The molecule has 4 heteroatoms. The summed E-state index contributed by atoms with van der Waals surface area (Å²) in [6.45, 7) is 4.06. The van der Waals surface area contributed by atoms with E-state index in [4.69, 9.17) is 0 Å². The van der Waals surface area contributed by atoms with Crippen LogP contribution in [0.25, 0.3) is 0 Å². The molecule has 1 aliphatic rings. The molecule has 0 saturated heterocycles. The van der Waals surface area contributed by atoms with E-state index in [1.165, 1.54) is 11.1 Å². The number of aliphatic imine (C=N–C) groups is 1. The van der Waals surface area contributed by atoms with Crippen LogP contribution in [0.1, 0.15) is 30.9 Å². The standard InChI is InChI=1S/C14H20N2O.Ac/c1-9-13-8-12(15-10(2)16(3)4)6-5-11(13)7-14(9)17;/h5-6,8-9,14,17H,7H2,1-4H3;/t9-,14?;/m1./s1. The fourth-order valence-corrected chi connectivity index (χ4v) is 2.16. The van der Waals surface area contributed by atoms with Crippen molar-refractivity contribution in [2.45, 2.75) is 32.3 Å². The molecule has 0 fully saturated rings. The van der Waals surface area contributed by atoms with E-state index in [9.17, 15) is 5.11 Å². The zero-order valence-corrected chi connectivity index (χ0v) is 16.3. The van der Waals surface area contributed by atoms with Gasteiger partial charge in [0, 0.05) is 64.1 Å². The number of nitrogens with zero attached hydrogens (tertiary/aromatic N) is 2. The number of amidine groups is 1. The van der Waals surface area contributed by atoms with Gasteiger partial charge in [0.05, 0.1) is 11.8 Å². The molecule has 0 aliphatic heterocycles. The van der Waals surface area contributed by atoms with Gasteiger partial charge < -0.3 is 10.0 Å². The van der Waals surface area contributed by atoms with E-state index in [1.807, 2.05) is 32.0 Å². The normalized spacial score (nSPS) is 22.4. The van der Waals surface area contributed by atoms with Crippen molar-refractivity contribution in [2.75, 3.05) is 14.1 Å². The van der Waals surface area contributed by atoms with E-state index in [-0.39, 0.29) is 56.1 Å². The average molecular weight is 459 g/mol. The summed E-state index contributed by atoms with van der Waals surface area (Å²) in [5, 5.41) is 9.84. The predicted molar refractivity (Wildman–Crippen MR) is 71.0 cm³/mol. The molecule has 1 aromatic carbocycles. The van der Waals surface area contributed by atoms with Crippen LogP contribution in [0.2, 0.25) is 0 Å². The first-order valence-corrected chi connectivity index (χ1v) is 6.02. The van der Waals surface area contributed by atoms with E-state index in [0.29, 0.717) is 0 Å². The van der Waals surface area contributed by atoms with Gasteiger partial charge in [-0.3, -0.25) is 0 Å². The number of hydrogen-bond donors (Lipinski definition) is 1. The van der Waals surface area contributed by atoms with Crippen molar-refractivity contribution in [1.29, 1.82) is 0 Å². The number of fused-ring (bicyclic) bond motifs is 1. The Kier molecular flexibility index (Phi) is 5.83. The van der Waals surface area contributed by atoms with Crippen molar-refractivity contribution >= 4 is 11.5 Å². The van der Waals surface area contributed by atoms with Crippen LogP contribution in [0.4, 0.5) is 5.69 Å². The average Bonchev–Trinajstić information content (AvgIpc) is 2.55. The largest absolute Gasteiger partial charge is 0.392 e. The second kappa shape index (κ2) is 6.50. The van der Waals surface area contributed by atoms with Gasteiger partial charge in [-0.15, -0.1) is 0 Å². The summed E-state index contributed by atoms with van der Waals surface area (Å²) < 4.78 is 0. The van der Waals surface area contributed by atoms with E-state index in [2.05, 4.69) is 24.0 Å². The quantitative estimate of drug-likeness (QED) is 0.517. The van der Waals surface area contributed by atoms with E-state index < -0.39 is 0 Å². The second-order valence-corrected chi connectivity index (χ2v) is 5.00. The van der Waals surface area contributed by atoms with Crippen LogP contribution < -0.4 is 0 Å². The summed E-state index contributed by atoms with van der Waals surface area (Å²) >= 11 is 0. The SMILES string of the molecule is CC(=Nc1ccc2c(c1)[C@@H](C)C(O)C2)N(C)C.[Ac]. The van der Waals surface area contributed by atoms with Crippen LogP contribution in [-0.2, 0) is 6.42 Å². The monoisotopic (exact) mass is 459 g/mol. The fraction of sp³-hybridized carbons (Fsp3) is 0.500. The van der Waals surface area contributed by atoms with E-state index in [0.717, 1.165) is 17.9 Å². The van der Waals surface area contributed by atoms with Crippen LogP contribution >= 0.6 is 0 Å². The third-order valence-electron chi connectivity index (χ3n) is 3.56. The van der Waals surface area contributed by atoms with Crippen LogP contribution in [0.15, 0.2) is 23.2 Å². The minimum atomic E-state index is -0.237. The molecule has 1 radical (unpaired) electrons. The molecule has 18 heavy (non-hydrogen) atoms. The molecule has 1 aromatic rings. The summed E-state index contributed by atoms with van der Waals surface area (Å²) in [5.74, 6) is 1.20. The van der Waals surface area contributed by atoms with Crippen molar-refractivity contribution in [1.82, 2.24) is 4.90 Å². The molecule has 0 amide bonds.